The van der Waals surface area contributed by atoms with Gasteiger partial charge in [0.1, 0.15) is 0 Å². The molecule has 0 heterocycles. The molecule has 3 nitrogen and oxygen atoms in total. The fourth-order valence-corrected chi connectivity index (χ4v) is 0. The van der Waals surface area contributed by atoms with Crippen LogP contribution >= 0.6 is 0 Å². The van der Waals surface area contributed by atoms with Gasteiger partial charge >= 0.3 is 63.3 Å². The Morgan fingerprint density at radius 1 is 1.67 bits per heavy atom. The first kappa shape index (κ1) is 7.26. The first-order valence-corrected chi connectivity index (χ1v) is 5.04. The third kappa shape index (κ3) is 5.26. The van der Waals surface area contributed by atoms with Crippen molar-refractivity contribution < 1.29 is 51.7 Å². The van der Waals surface area contributed by atoms with Gasteiger partial charge < -0.3 is 0 Å². The fourth-order valence-electron chi connectivity index (χ4n) is 0. The molecular weight excluding hydrogens is 236 g/mol. The molecule has 0 amide bonds. The maximum atomic E-state index is 9.59. The van der Waals surface area contributed by atoms with Gasteiger partial charge in [0.2, 0.25) is 0 Å². The second-order valence-electron chi connectivity index (χ2n) is 0.726. The molecule has 0 aromatic carbocycles. The SMILES string of the molecule is O=S(=O)(O)[CH2][Nd]. The van der Waals surface area contributed by atoms with Gasteiger partial charge in [0.05, 0.1) is 0 Å². The summed E-state index contributed by atoms with van der Waals surface area (Å²) in [4.78, 5) is 0. The molecule has 0 aliphatic rings. The molecule has 0 rings (SSSR count). The van der Waals surface area contributed by atoms with E-state index in [4.69, 9.17) is 4.55 Å². The standard InChI is InChI=1S/CH3O3S.Nd/c1-5(2,3)4;/h1H2,(H,2,3,4);. The van der Waals surface area contributed by atoms with Crippen molar-refractivity contribution in [3.8, 4) is 0 Å². The Bertz CT molecular complexity index is 113. The molecule has 0 saturated heterocycles. The van der Waals surface area contributed by atoms with Crippen molar-refractivity contribution in [2.45, 2.75) is 0 Å². The first-order chi connectivity index (χ1) is 2.56. The van der Waals surface area contributed by atoms with Crippen LogP contribution in [0.1, 0.15) is 0 Å². The van der Waals surface area contributed by atoms with Crippen LogP contribution in [0, 0.1) is 38.8 Å². The van der Waals surface area contributed by atoms with E-state index in [-0.39, 0.29) is 1.40 Å². The average molecular weight is 239 g/mol. The Kier molecular flexibility index (Phi) is 3.07. The first-order valence-electron chi connectivity index (χ1n) is 1.16. The summed E-state index contributed by atoms with van der Waals surface area (Å²) in [5, 5.41) is 0. The second kappa shape index (κ2) is 2.54. The van der Waals surface area contributed by atoms with Gasteiger partial charge in [0.15, 0.2) is 0 Å². The summed E-state index contributed by atoms with van der Waals surface area (Å²) < 4.78 is 27.0. The Labute approximate surface area is 62.5 Å². The van der Waals surface area contributed by atoms with Crippen molar-refractivity contribution in [1.82, 2.24) is 0 Å². The van der Waals surface area contributed by atoms with Gasteiger partial charge in [-0.25, -0.2) is 0 Å². The zero-order valence-corrected chi connectivity index (χ0v) is 6.90. The molecule has 0 spiro atoms. The number of rotatable bonds is 1. The van der Waals surface area contributed by atoms with Crippen LogP contribution in [0.5, 0.6) is 0 Å². The van der Waals surface area contributed by atoms with E-state index >= 15 is 0 Å². The average Bonchev–Trinajstić information content (AvgIpc) is 1.35. The minimum atomic E-state index is -3.60. The maximum absolute atomic E-state index is 9.59. The molecule has 0 aromatic rings. The molecule has 0 fully saturated rings. The Balaban J connectivity index is 3.85. The summed E-state index contributed by atoms with van der Waals surface area (Å²) in [7, 11) is -3.60. The van der Waals surface area contributed by atoms with E-state index in [0.717, 1.165) is 0 Å². The molecule has 0 aromatic heterocycles. The summed E-state index contributed by atoms with van der Waals surface area (Å²) in [5.74, 6) is 0. The summed E-state index contributed by atoms with van der Waals surface area (Å²) in [5.41, 5.74) is 0. The van der Waals surface area contributed by atoms with Crippen LogP contribution in [0.2, 0.25) is 0 Å². The van der Waals surface area contributed by atoms with Crippen molar-refractivity contribution in [2.75, 3.05) is 1.40 Å². The van der Waals surface area contributed by atoms with E-state index in [1.807, 2.05) is 0 Å². The van der Waals surface area contributed by atoms with Crippen LogP contribution in [-0.2, 0) is 10.1 Å². The summed E-state index contributed by atoms with van der Waals surface area (Å²) in [6.07, 6.45) is 0. The minimum absolute atomic E-state index is 0.0625. The predicted octanol–water partition coefficient (Wildman–Crippen LogP) is -0.619. The van der Waals surface area contributed by atoms with E-state index < -0.39 is 10.1 Å². The fraction of sp³-hybridized carbons (Fsp3) is 1.00. The van der Waals surface area contributed by atoms with E-state index in [2.05, 4.69) is 0 Å². The van der Waals surface area contributed by atoms with Crippen molar-refractivity contribution in [3.63, 3.8) is 0 Å². The number of hydrogen-bond acceptors (Lipinski definition) is 2. The quantitative estimate of drug-likeness (QED) is 0.621. The zero-order chi connectivity index (χ0) is 5.21. The molecule has 0 aliphatic heterocycles. The van der Waals surface area contributed by atoms with E-state index in [0.29, 0.717) is 38.8 Å². The third-order valence-corrected chi connectivity index (χ3v) is 4.06. The van der Waals surface area contributed by atoms with E-state index in [1.54, 1.807) is 0 Å². The van der Waals surface area contributed by atoms with Crippen molar-refractivity contribution >= 4 is 10.1 Å². The van der Waals surface area contributed by atoms with Crippen LogP contribution in [-0.4, -0.2) is 14.4 Å². The van der Waals surface area contributed by atoms with Crippen LogP contribution in [0.15, 0.2) is 0 Å². The molecular formula is CH3NdO3S. The molecule has 0 radical (unpaired) electrons. The van der Waals surface area contributed by atoms with Crippen LogP contribution in [0.4, 0.5) is 0 Å². The molecule has 0 bridgehead atoms. The Morgan fingerprint density at radius 3 is 1.83 bits per heavy atom. The van der Waals surface area contributed by atoms with E-state index in [9.17, 15) is 8.42 Å². The monoisotopic (exact) mass is 237 g/mol. The van der Waals surface area contributed by atoms with Crippen LogP contribution in [0.25, 0.3) is 0 Å². The Morgan fingerprint density at radius 2 is 1.83 bits per heavy atom. The van der Waals surface area contributed by atoms with Gasteiger partial charge in [-0.15, -0.1) is 0 Å². The topological polar surface area (TPSA) is 54.4 Å². The van der Waals surface area contributed by atoms with E-state index in [1.165, 1.54) is 0 Å². The van der Waals surface area contributed by atoms with Crippen molar-refractivity contribution in [3.05, 3.63) is 0 Å². The van der Waals surface area contributed by atoms with Crippen LogP contribution < -0.4 is 0 Å². The summed E-state index contributed by atoms with van der Waals surface area (Å²) in [6, 6.07) is 0. The molecule has 0 unspecified atom stereocenters. The van der Waals surface area contributed by atoms with Gasteiger partial charge in [-0.2, -0.15) is 0 Å². The second-order valence-corrected chi connectivity index (χ2v) is 4.96. The molecule has 35 valence electrons. The van der Waals surface area contributed by atoms with Gasteiger partial charge in [-0.05, 0) is 0 Å². The van der Waals surface area contributed by atoms with Crippen LogP contribution in [0.3, 0.4) is 0 Å². The van der Waals surface area contributed by atoms with Gasteiger partial charge in [0, 0.05) is 0 Å². The molecule has 6 heavy (non-hydrogen) atoms. The van der Waals surface area contributed by atoms with Crippen molar-refractivity contribution in [2.24, 2.45) is 0 Å². The van der Waals surface area contributed by atoms with Gasteiger partial charge in [-0.1, -0.05) is 0 Å². The third-order valence-electron chi connectivity index (χ3n) is 0.182. The zero-order valence-electron chi connectivity index (χ0n) is 2.88. The summed E-state index contributed by atoms with van der Waals surface area (Å²) >= 11 is 0.510. The molecule has 0 atom stereocenters. The van der Waals surface area contributed by atoms with Crippen molar-refractivity contribution in [1.29, 1.82) is 0 Å². The number of hydrogen-bond donors (Lipinski definition) is 1. The predicted molar refractivity (Wildman–Crippen MR) is 16.4 cm³/mol. The van der Waals surface area contributed by atoms with Gasteiger partial charge in [-0.3, -0.25) is 0 Å². The molecule has 5 heteroatoms. The molecule has 1 N–H and O–H groups in total. The Hall–Kier alpha value is 1.26. The molecule has 0 aliphatic carbocycles. The molecule has 0 saturated carbocycles. The normalized spacial score (nSPS) is 11.3. The summed E-state index contributed by atoms with van der Waals surface area (Å²) in [6.45, 7) is 0. The van der Waals surface area contributed by atoms with Gasteiger partial charge in [0.25, 0.3) is 0 Å².